The van der Waals surface area contributed by atoms with Crippen molar-refractivity contribution in [2.45, 2.75) is 31.2 Å². The lowest BCUT2D eigenvalue weighted by Crippen LogP contribution is -2.47. The second-order valence-electron chi connectivity index (χ2n) is 5.05. The maximum atomic E-state index is 12.3. The van der Waals surface area contributed by atoms with Gasteiger partial charge >= 0.3 is 0 Å². The predicted molar refractivity (Wildman–Crippen MR) is 84.3 cm³/mol. The molecule has 2 rings (SSSR count). The van der Waals surface area contributed by atoms with Crippen LogP contribution in [0.5, 0.6) is 0 Å². The molecule has 0 aromatic heterocycles. The highest BCUT2D eigenvalue weighted by molar-refractivity contribution is 5.90. The van der Waals surface area contributed by atoms with Crippen LogP contribution < -0.4 is 16.4 Å². The Labute approximate surface area is 131 Å². The standard InChI is InChI=1S/C15H21N3O2.ClH/c16-10-12(11-6-2-1-3-7-11)14(19)18-13-8-4-5-9-17-15(13)20;/h1-3,6-7,12-13H,4-5,8-10,16H2,(H,17,20)(H,18,19);1H. The van der Waals surface area contributed by atoms with E-state index < -0.39 is 12.0 Å². The highest BCUT2D eigenvalue weighted by Crippen LogP contribution is 2.15. The van der Waals surface area contributed by atoms with Gasteiger partial charge < -0.3 is 16.4 Å². The fourth-order valence-electron chi connectivity index (χ4n) is 2.43. The van der Waals surface area contributed by atoms with E-state index in [1.54, 1.807) is 0 Å². The van der Waals surface area contributed by atoms with Crippen molar-refractivity contribution in [1.82, 2.24) is 10.6 Å². The van der Waals surface area contributed by atoms with E-state index in [1.165, 1.54) is 0 Å². The number of nitrogens with one attached hydrogen (secondary N) is 2. The maximum absolute atomic E-state index is 12.3. The van der Waals surface area contributed by atoms with Crippen LogP contribution in [0.2, 0.25) is 0 Å². The molecule has 1 aromatic carbocycles. The second-order valence-corrected chi connectivity index (χ2v) is 5.05. The number of carbonyl (C=O) groups excluding carboxylic acids is 2. The summed E-state index contributed by atoms with van der Waals surface area (Å²) in [6, 6.07) is 8.97. The number of nitrogens with two attached hydrogens (primary N) is 1. The average molecular weight is 312 g/mol. The zero-order valence-corrected chi connectivity index (χ0v) is 12.7. The third-order valence-corrected chi connectivity index (χ3v) is 3.61. The smallest absolute Gasteiger partial charge is 0.242 e. The molecule has 1 heterocycles. The lowest BCUT2D eigenvalue weighted by atomic mass is 9.97. The summed E-state index contributed by atoms with van der Waals surface area (Å²) in [7, 11) is 0. The summed E-state index contributed by atoms with van der Waals surface area (Å²) in [6.45, 7) is 0.911. The normalized spacial score (nSPS) is 19.7. The predicted octanol–water partition coefficient (Wildman–Crippen LogP) is 0.936. The number of amides is 2. The maximum Gasteiger partial charge on any atom is 0.242 e. The molecule has 1 aliphatic heterocycles. The highest BCUT2D eigenvalue weighted by Gasteiger charge is 2.26. The minimum atomic E-state index is -0.442. The van der Waals surface area contributed by atoms with Gasteiger partial charge in [-0.05, 0) is 24.8 Å². The molecule has 21 heavy (non-hydrogen) atoms. The van der Waals surface area contributed by atoms with E-state index in [1.807, 2.05) is 30.3 Å². The summed E-state index contributed by atoms with van der Waals surface area (Å²) >= 11 is 0. The van der Waals surface area contributed by atoms with Crippen LogP contribution in [0.4, 0.5) is 0 Å². The molecule has 1 aliphatic rings. The van der Waals surface area contributed by atoms with Gasteiger partial charge in [0.1, 0.15) is 6.04 Å². The summed E-state index contributed by atoms with van der Waals surface area (Å²) in [5.74, 6) is -0.687. The monoisotopic (exact) mass is 311 g/mol. The summed E-state index contributed by atoms with van der Waals surface area (Å²) in [6.07, 6.45) is 2.57. The zero-order valence-electron chi connectivity index (χ0n) is 11.9. The molecule has 0 radical (unpaired) electrons. The average Bonchev–Trinajstić information content (AvgIpc) is 2.66. The van der Waals surface area contributed by atoms with Gasteiger partial charge in [0.05, 0.1) is 5.92 Å². The van der Waals surface area contributed by atoms with Crippen molar-refractivity contribution >= 4 is 24.2 Å². The van der Waals surface area contributed by atoms with Gasteiger partial charge in [0.15, 0.2) is 0 Å². The van der Waals surface area contributed by atoms with E-state index in [9.17, 15) is 9.59 Å². The first-order valence-electron chi connectivity index (χ1n) is 7.05. The van der Waals surface area contributed by atoms with Gasteiger partial charge in [0.25, 0.3) is 0 Å². The van der Waals surface area contributed by atoms with E-state index in [-0.39, 0.29) is 30.8 Å². The second kappa shape index (κ2) is 8.64. The summed E-state index contributed by atoms with van der Waals surface area (Å²) in [4.78, 5) is 24.2. The Bertz CT molecular complexity index is 467. The van der Waals surface area contributed by atoms with E-state index in [2.05, 4.69) is 10.6 Å². The molecule has 0 spiro atoms. The van der Waals surface area contributed by atoms with Crippen LogP contribution in [0.15, 0.2) is 30.3 Å². The number of hydrogen-bond donors (Lipinski definition) is 3. The highest BCUT2D eigenvalue weighted by atomic mass is 35.5. The van der Waals surface area contributed by atoms with Crippen LogP contribution in [0, 0.1) is 0 Å². The number of benzene rings is 1. The Hall–Kier alpha value is -1.59. The molecule has 0 bridgehead atoms. The van der Waals surface area contributed by atoms with Crippen LogP contribution in [-0.4, -0.2) is 30.9 Å². The Balaban J connectivity index is 0.00000220. The Morgan fingerprint density at radius 1 is 1.33 bits per heavy atom. The Morgan fingerprint density at radius 3 is 2.71 bits per heavy atom. The van der Waals surface area contributed by atoms with Crippen molar-refractivity contribution in [1.29, 1.82) is 0 Å². The van der Waals surface area contributed by atoms with Gasteiger partial charge in [-0.2, -0.15) is 0 Å². The summed E-state index contributed by atoms with van der Waals surface area (Å²) < 4.78 is 0. The quantitative estimate of drug-likeness (QED) is 0.773. The first kappa shape index (κ1) is 17.5. The van der Waals surface area contributed by atoms with E-state index >= 15 is 0 Å². The van der Waals surface area contributed by atoms with E-state index in [0.717, 1.165) is 18.4 Å². The molecule has 6 heteroatoms. The van der Waals surface area contributed by atoms with Crippen LogP contribution >= 0.6 is 12.4 Å². The van der Waals surface area contributed by atoms with Crippen LogP contribution in [0.1, 0.15) is 30.7 Å². The molecular weight excluding hydrogens is 290 g/mol. The van der Waals surface area contributed by atoms with Gasteiger partial charge in [-0.1, -0.05) is 30.3 Å². The van der Waals surface area contributed by atoms with Gasteiger partial charge in [-0.15, -0.1) is 12.4 Å². The molecule has 4 N–H and O–H groups in total. The molecule has 1 aromatic rings. The SMILES string of the molecule is Cl.NCC(C(=O)NC1CCCCNC1=O)c1ccccc1. The van der Waals surface area contributed by atoms with Crippen molar-refractivity contribution < 1.29 is 9.59 Å². The third kappa shape index (κ3) is 4.72. The third-order valence-electron chi connectivity index (χ3n) is 3.61. The van der Waals surface area contributed by atoms with Gasteiger partial charge in [-0.3, -0.25) is 9.59 Å². The van der Waals surface area contributed by atoms with Crippen LogP contribution in [0.25, 0.3) is 0 Å². The molecule has 1 saturated heterocycles. The van der Waals surface area contributed by atoms with Crippen LogP contribution in [-0.2, 0) is 9.59 Å². The number of hydrogen-bond acceptors (Lipinski definition) is 3. The molecule has 5 nitrogen and oxygen atoms in total. The topological polar surface area (TPSA) is 84.2 Å². The lowest BCUT2D eigenvalue weighted by molar-refractivity contribution is -0.129. The van der Waals surface area contributed by atoms with Crippen molar-refractivity contribution in [3.05, 3.63) is 35.9 Å². The van der Waals surface area contributed by atoms with E-state index in [0.29, 0.717) is 13.0 Å². The molecule has 2 unspecified atom stereocenters. The Kier molecular flexibility index (Phi) is 7.19. The fourth-order valence-corrected chi connectivity index (χ4v) is 2.43. The van der Waals surface area contributed by atoms with Crippen molar-refractivity contribution in [3.8, 4) is 0 Å². The van der Waals surface area contributed by atoms with Gasteiger partial charge in [0, 0.05) is 13.1 Å². The molecule has 2 amide bonds. The number of rotatable bonds is 4. The lowest BCUT2D eigenvalue weighted by Gasteiger charge is -2.20. The van der Waals surface area contributed by atoms with Crippen molar-refractivity contribution in [2.24, 2.45) is 5.73 Å². The summed E-state index contributed by atoms with van der Waals surface area (Å²) in [5, 5.41) is 5.64. The van der Waals surface area contributed by atoms with Gasteiger partial charge in [-0.25, -0.2) is 0 Å². The molecule has 0 aliphatic carbocycles. The first-order valence-corrected chi connectivity index (χ1v) is 7.05. The fraction of sp³-hybridized carbons (Fsp3) is 0.467. The summed E-state index contributed by atoms with van der Waals surface area (Å²) in [5.41, 5.74) is 6.59. The largest absolute Gasteiger partial charge is 0.354 e. The van der Waals surface area contributed by atoms with Crippen molar-refractivity contribution in [3.63, 3.8) is 0 Å². The number of halogens is 1. The van der Waals surface area contributed by atoms with Gasteiger partial charge in [0.2, 0.25) is 11.8 Å². The molecular formula is C15H22ClN3O2. The zero-order chi connectivity index (χ0) is 14.4. The molecule has 2 atom stereocenters. The molecule has 116 valence electrons. The molecule has 1 fully saturated rings. The Morgan fingerprint density at radius 2 is 2.05 bits per heavy atom. The minimum absolute atomic E-state index is 0. The van der Waals surface area contributed by atoms with Crippen LogP contribution in [0.3, 0.4) is 0 Å². The first-order chi connectivity index (χ1) is 9.72. The minimum Gasteiger partial charge on any atom is -0.354 e. The number of carbonyl (C=O) groups is 2. The molecule has 0 saturated carbocycles. The van der Waals surface area contributed by atoms with Crippen molar-refractivity contribution in [2.75, 3.05) is 13.1 Å². The van der Waals surface area contributed by atoms with E-state index in [4.69, 9.17) is 5.73 Å².